The molecule has 0 unspecified atom stereocenters. The first kappa shape index (κ1) is 13.9. The van der Waals surface area contributed by atoms with Gasteiger partial charge in [-0.15, -0.1) is 0 Å². The summed E-state index contributed by atoms with van der Waals surface area (Å²) in [6.07, 6.45) is 0.838. The van der Waals surface area contributed by atoms with Crippen molar-refractivity contribution < 1.29 is 9.53 Å². The molecule has 17 heavy (non-hydrogen) atoms. The number of anilines is 1. The lowest BCUT2D eigenvalue weighted by molar-refractivity contribution is 0.0780. The highest BCUT2D eigenvalue weighted by molar-refractivity contribution is 7.10. The predicted octanol–water partition coefficient (Wildman–Crippen LogP) is 1.60. The maximum atomic E-state index is 12.2. The first-order valence-electron chi connectivity index (χ1n) is 5.50. The number of aryl methyl sites for hydroxylation is 1. The van der Waals surface area contributed by atoms with E-state index in [4.69, 9.17) is 4.74 Å². The maximum Gasteiger partial charge on any atom is 0.258 e. The molecule has 1 rings (SSSR count). The summed E-state index contributed by atoms with van der Waals surface area (Å²) in [5.74, 6) is 0.0108. The highest BCUT2D eigenvalue weighted by Gasteiger charge is 2.20. The lowest BCUT2D eigenvalue weighted by Crippen LogP contribution is -2.29. The molecule has 0 fully saturated rings. The van der Waals surface area contributed by atoms with Crippen molar-refractivity contribution in [2.45, 2.75) is 13.3 Å². The van der Waals surface area contributed by atoms with Gasteiger partial charge < -0.3 is 15.0 Å². The molecular weight excluding hydrogens is 238 g/mol. The third-order valence-corrected chi connectivity index (χ3v) is 3.45. The number of ether oxygens (including phenoxy) is 1. The molecule has 0 spiro atoms. The van der Waals surface area contributed by atoms with E-state index in [1.807, 2.05) is 6.92 Å². The number of rotatable bonds is 6. The number of aromatic nitrogens is 1. The molecule has 0 aliphatic heterocycles. The highest BCUT2D eigenvalue weighted by atomic mass is 32.1. The molecule has 0 saturated carbocycles. The number of carbonyl (C=O) groups is 1. The minimum absolute atomic E-state index is 0.0108. The number of amides is 1. The number of methoxy groups -OCH3 is 1. The monoisotopic (exact) mass is 257 g/mol. The SMILES string of the molecule is CNc1snc(C)c1C(=O)N(C)CCCOC. The van der Waals surface area contributed by atoms with Crippen LogP contribution in [0.4, 0.5) is 5.00 Å². The Balaban J connectivity index is 2.70. The van der Waals surface area contributed by atoms with Gasteiger partial charge in [-0.1, -0.05) is 0 Å². The minimum atomic E-state index is 0.0108. The second-order valence-electron chi connectivity index (χ2n) is 3.80. The molecule has 0 aliphatic rings. The van der Waals surface area contributed by atoms with Gasteiger partial charge >= 0.3 is 0 Å². The van der Waals surface area contributed by atoms with Crippen molar-refractivity contribution in [3.8, 4) is 0 Å². The van der Waals surface area contributed by atoms with Crippen LogP contribution in [0.25, 0.3) is 0 Å². The van der Waals surface area contributed by atoms with Gasteiger partial charge in [0.1, 0.15) is 5.00 Å². The predicted molar refractivity (Wildman–Crippen MR) is 69.9 cm³/mol. The second kappa shape index (κ2) is 6.56. The first-order chi connectivity index (χ1) is 8.11. The Kier molecular flexibility index (Phi) is 5.37. The summed E-state index contributed by atoms with van der Waals surface area (Å²) in [7, 11) is 5.26. The molecule has 1 aromatic rings. The Bertz CT molecular complexity index is 379. The Labute approximate surface area is 106 Å². The van der Waals surface area contributed by atoms with Crippen LogP contribution >= 0.6 is 11.5 Å². The van der Waals surface area contributed by atoms with Gasteiger partial charge in [0, 0.05) is 34.4 Å². The highest BCUT2D eigenvalue weighted by Crippen LogP contribution is 2.24. The molecule has 1 amide bonds. The smallest absolute Gasteiger partial charge is 0.258 e. The molecule has 0 aromatic carbocycles. The average molecular weight is 257 g/mol. The largest absolute Gasteiger partial charge is 0.385 e. The molecule has 1 aromatic heterocycles. The van der Waals surface area contributed by atoms with Crippen molar-refractivity contribution in [1.29, 1.82) is 0 Å². The van der Waals surface area contributed by atoms with Crippen molar-refractivity contribution in [2.24, 2.45) is 0 Å². The van der Waals surface area contributed by atoms with Crippen molar-refractivity contribution in [1.82, 2.24) is 9.27 Å². The number of nitrogens with one attached hydrogen (secondary N) is 1. The number of hydrogen-bond donors (Lipinski definition) is 1. The zero-order valence-electron chi connectivity index (χ0n) is 10.7. The molecule has 1 N–H and O–H groups in total. The van der Waals surface area contributed by atoms with E-state index in [0.717, 1.165) is 17.1 Å². The molecule has 0 atom stereocenters. The second-order valence-corrected chi connectivity index (χ2v) is 4.57. The van der Waals surface area contributed by atoms with Crippen LogP contribution in [-0.2, 0) is 4.74 Å². The van der Waals surface area contributed by atoms with Crippen molar-refractivity contribution in [3.05, 3.63) is 11.3 Å². The van der Waals surface area contributed by atoms with E-state index in [9.17, 15) is 4.79 Å². The van der Waals surface area contributed by atoms with Gasteiger partial charge in [0.05, 0.1) is 11.3 Å². The molecule has 6 heteroatoms. The number of carbonyl (C=O) groups excluding carboxylic acids is 1. The summed E-state index contributed by atoms with van der Waals surface area (Å²) in [5.41, 5.74) is 1.46. The lowest BCUT2D eigenvalue weighted by Gasteiger charge is -2.17. The summed E-state index contributed by atoms with van der Waals surface area (Å²) in [4.78, 5) is 13.9. The summed E-state index contributed by atoms with van der Waals surface area (Å²) >= 11 is 1.32. The fourth-order valence-corrected chi connectivity index (χ4v) is 2.27. The summed E-state index contributed by atoms with van der Waals surface area (Å²) < 4.78 is 9.17. The van der Waals surface area contributed by atoms with Crippen LogP contribution in [0, 0.1) is 6.92 Å². The number of nitrogens with zero attached hydrogens (tertiary/aromatic N) is 2. The quantitative estimate of drug-likeness (QED) is 0.787. The van der Waals surface area contributed by atoms with Gasteiger partial charge in [-0.2, -0.15) is 4.37 Å². The van der Waals surface area contributed by atoms with Crippen LogP contribution in [0.2, 0.25) is 0 Å². The Morgan fingerprint density at radius 3 is 2.88 bits per heavy atom. The molecule has 1 heterocycles. The molecule has 96 valence electrons. The van der Waals surface area contributed by atoms with Gasteiger partial charge in [0.2, 0.25) is 0 Å². The molecule has 0 aliphatic carbocycles. The zero-order valence-corrected chi connectivity index (χ0v) is 11.6. The van der Waals surface area contributed by atoms with Crippen molar-refractivity contribution in [2.75, 3.05) is 39.7 Å². The first-order valence-corrected chi connectivity index (χ1v) is 6.27. The Hall–Kier alpha value is -1.14. The average Bonchev–Trinajstić information content (AvgIpc) is 2.69. The van der Waals surface area contributed by atoms with Gasteiger partial charge in [0.15, 0.2) is 0 Å². The van der Waals surface area contributed by atoms with E-state index in [2.05, 4.69) is 9.69 Å². The van der Waals surface area contributed by atoms with Gasteiger partial charge in [-0.25, -0.2) is 0 Å². The fourth-order valence-electron chi connectivity index (χ4n) is 1.53. The van der Waals surface area contributed by atoms with E-state index >= 15 is 0 Å². The van der Waals surface area contributed by atoms with Crippen molar-refractivity contribution >= 4 is 22.4 Å². The summed E-state index contributed by atoms with van der Waals surface area (Å²) in [5, 5.41) is 3.83. The number of hydrogen-bond acceptors (Lipinski definition) is 5. The zero-order chi connectivity index (χ0) is 12.8. The van der Waals surface area contributed by atoms with Crippen LogP contribution in [0.15, 0.2) is 0 Å². The van der Waals surface area contributed by atoms with Crippen LogP contribution in [0.1, 0.15) is 22.5 Å². The molecule has 5 nitrogen and oxygen atoms in total. The van der Waals surface area contributed by atoms with Crippen LogP contribution < -0.4 is 5.32 Å². The Morgan fingerprint density at radius 2 is 2.29 bits per heavy atom. The summed E-state index contributed by atoms with van der Waals surface area (Å²) in [6.45, 7) is 3.20. The van der Waals surface area contributed by atoms with E-state index in [1.165, 1.54) is 11.5 Å². The normalized spacial score (nSPS) is 10.4. The van der Waals surface area contributed by atoms with Gasteiger partial charge in [-0.3, -0.25) is 4.79 Å². The van der Waals surface area contributed by atoms with Gasteiger partial charge in [-0.05, 0) is 24.9 Å². The topological polar surface area (TPSA) is 54.5 Å². The lowest BCUT2D eigenvalue weighted by atomic mass is 10.2. The van der Waals surface area contributed by atoms with Crippen molar-refractivity contribution in [3.63, 3.8) is 0 Å². The summed E-state index contributed by atoms with van der Waals surface area (Å²) in [6, 6.07) is 0. The van der Waals surface area contributed by atoms with Crippen LogP contribution in [-0.4, -0.2) is 49.5 Å². The van der Waals surface area contributed by atoms with E-state index in [-0.39, 0.29) is 5.91 Å². The van der Waals surface area contributed by atoms with E-state index in [0.29, 0.717) is 18.7 Å². The molecular formula is C11H19N3O2S. The van der Waals surface area contributed by atoms with Crippen LogP contribution in [0.5, 0.6) is 0 Å². The standard InChI is InChI=1S/C11H19N3O2S/c1-8-9(10(12-2)17-13-8)11(15)14(3)6-5-7-16-4/h12H,5-7H2,1-4H3. The minimum Gasteiger partial charge on any atom is -0.385 e. The third-order valence-electron chi connectivity index (χ3n) is 2.49. The Morgan fingerprint density at radius 1 is 1.59 bits per heavy atom. The van der Waals surface area contributed by atoms with E-state index < -0.39 is 0 Å². The molecule has 0 saturated heterocycles. The molecule has 0 radical (unpaired) electrons. The third kappa shape index (κ3) is 3.41. The van der Waals surface area contributed by atoms with Crippen LogP contribution in [0.3, 0.4) is 0 Å². The fraction of sp³-hybridized carbons (Fsp3) is 0.636. The van der Waals surface area contributed by atoms with Gasteiger partial charge in [0.25, 0.3) is 5.91 Å². The maximum absolute atomic E-state index is 12.2. The van der Waals surface area contributed by atoms with E-state index in [1.54, 1.807) is 26.1 Å². The molecule has 0 bridgehead atoms.